The van der Waals surface area contributed by atoms with Gasteiger partial charge in [0.1, 0.15) is 0 Å². The van der Waals surface area contributed by atoms with Crippen molar-refractivity contribution in [2.45, 2.75) is 6.54 Å². The molecule has 5 heteroatoms. The predicted molar refractivity (Wildman–Crippen MR) is 111 cm³/mol. The van der Waals surface area contributed by atoms with Crippen molar-refractivity contribution in [3.63, 3.8) is 0 Å². The molecule has 5 nitrogen and oxygen atoms in total. The molecule has 0 aromatic heterocycles. The molecular formula is C21H33N5. The van der Waals surface area contributed by atoms with E-state index in [4.69, 9.17) is 11.5 Å². The molecule has 26 heavy (non-hydrogen) atoms. The molecule has 0 aliphatic heterocycles. The van der Waals surface area contributed by atoms with E-state index < -0.39 is 0 Å². The quantitative estimate of drug-likeness (QED) is 0.407. The van der Waals surface area contributed by atoms with Crippen LogP contribution < -0.4 is 22.1 Å². The van der Waals surface area contributed by atoms with Crippen LogP contribution in [0.25, 0.3) is 11.1 Å². The van der Waals surface area contributed by atoms with Crippen molar-refractivity contribution in [3.05, 3.63) is 60.2 Å². The second-order valence-corrected chi connectivity index (χ2v) is 6.41. The molecule has 2 rings (SSSR count). The van der Waals surface area contributed by atoms with Crippen molar-refractivity contribution in [2.75, 3.05) is 52.4 Å². The van der Waals surface area contributed by atoms with Crippen molar-refractivity contribution < 1.29 is 0 Å². The Balaban J connectivity index is 1.58. The molecule has 2 aromatic carbocycles. The van der Waals surface area contributed by atoms with Crippen LogP contribution in [0.4, 0.5) is 0 Å². The van der Waals surface area contributed by atoms with Gasteiger partial charge in [0.2, 0.25) is 0 Å². The summed E-state index contributed by atoms with van der Waals surface area (Å²) in [5.41, 5.74) is 15.1. The average Bonchev–Trinajstić information content (AvgIpc) is 2.69. The Bertz CT molecular complexity index is 579. The van der Waals surface area contributed by atoms with Gasteiger partial charge in [-0.05, 0) is 16.7 Å². The fourth-order valence-electron chi connectivity index (χ4n) is 2.92. The first kappa shape index (κ1) is 20.6. The highest BCUT2D eigenvalue weighted by molar-refractivity contribution is 5.63. The molecule has 0 bridgehead atoms. The van der Waals surface area contributed by atoms with E-state index in [1.807, 2.05) is 6.07 Å². The first-order valence-corrected chi connectivity index (χ1v) is 9.51. The van der Waals surface area contributed by atoms with Gasteiger partial charge in [0.05, 0.1) is 0 Å². The molecule has 0 heterocycles. The van der Waals surface area contributed by atoms with Crippen molar-refractivity contribution >= 4 is 0 Å². The van der Waals surface area contributed by atoms with Crippen molar-refractivity contribution in [2.24, 2.45) is 11.5 Å². The van der Waals surface area contributed by atoms with E-state index in [9.17, 15) is 0 Å². The first-order valence-electron chi connectivity index (χ1n) is 9.51. The van der Waals surface area contributed by atoms with E-state index in [0.717, 1.165) is 45.8 Å². The first-order chi connectivity index (χ1) is 12.8. The van der Waals surface area contributed by atoms with Gasteiger partial charge in [0.25, 0.3) is 0 Å². The van der Waals surface area contributed by atoms with E-state index >= 15 is 0 Å². The Morgan fingerprint density at radius 1 is 0.654 bits per heavy atom. The summed E-state index contributed by atoms with van der Waals surface area (Å²) < 4.78 is 0. The van der Waals surface area contributed by atoms with Crippen molar-refractivity contribution in [3.8, 4) is 11.1 Å². The summed E-state index contributed by atoms with van der Waals surface area (Å²) in [6, 6.07) is 19.2. The molecule has 0 aliphatic rings. The molecule has 0 aliphatic carbocycles. The summed E-state index contributed by atoms with van der Waals surface area (Å²) >= 11 is 0. The van der Waals surface area contributed by atoms with E-state index in [1.54, 1.807) is 0 Å². The number of rotatable bonds is 13. The highest BCUT2D eigenvalue weighted by Gasteiger charge is 2.01. The van der Waals surface area contributed by atoms with Gasteiger partial charge in [-0.15, -0.1) is 0 Å². The standard InChI is InChI=1S/C21H33N5/c22-10-15-26(16-11-23)17-14-24-12-13-25-18-19-6-8-21(9-7-19)20-4-2-1-3-5-20/h1-9,24-25H,10-18,22-23H2. The Morgan fingerprint density at radius 2 is 1.27 bits per heavy atom. The molecule has 0 saturated heterocycles. The average molecular weight is 356 g/mol. The molecule has 0 fully saturated rings. The normalized spacial score (nSPS) is 11.2. The highest BCUT2D eigenvalue weighted by Crippen LogP contribution is 2.19. The van der Waals surface area contributed by atoms with Crippen LogP contribution in [0.3, 0.4) is 0 Å². The summed E-state index contributed by atoms with van der Waals surface area (Å²) in [5, 5.41) is 6.95. The van der Waals surface area contributed by atoms with E-state index in [1.165, 1.54) is 16.7 Å². The molecule has 0 spiro atoms. The van der Waals surface area contributed by atoms with Gasteiger partial charge in [-0.3, -0.25) is 4.90 Å². The monoisotopic (exact) mass is 355 g/mol. The second kappa shape index (κ2) is 12.6. The number of hydrogen-bond donors (Lipinski definition) is 4. The lowest BCUT2D eigenvalue weighted by Gasteiger charge is -2.20. The largest absolute Gasteiger partial charge is 0.329 e. The van der Waals surface area contributed by atoms with Crippen LogP contribution in [0.2, 0.25) is 0 Å². The van der Waals surface area contributed by atoms with Crippen LogP contribution in [-0.2, 0) is 6.54 Å². The Hall–Kier alpha value is -1.76. The molecule has 0 unspecified atom stereocenters. The summed E-state index contributed by atoms with van der Waals surface area (Å²) in [6.45, 7) is 7.96. The number of hydrogen-bond acceptors (Lipinski definition) is 5. The minimum Gasteiger partial charge on any atom is -0.329 e. The van der Waals surface area contributed by atoms with Crippen LogP contribution in [0, 0.1) is 0 Å². The molecule has 0 radical (unpaired) electrons. The topological polar surface area (TPSA) is 79.3 Å². The maximum atomic E-state index is 5.61. The van der Waals surface area contributed by atoms with Gasteiger partial charge < -0.3 is 22.1 Å². The number of nitrogens with one attached hydrogen (secondary N) is 2. The second-order valence-electron chi connectivity index (χ2n) is 6.41. The molecule has 142 valence electrons. The fourth-order valence-corrected chi connectivity index (χ4v) is 2.92. The zero-order valence-corrected chi connectivity index (χ0v) is 15.7. The predicted octanol–water partition coefficient (Wildman–Crippen LogP) is 1.25. The summed E-state index contributed by atoms with van der Waals surface area (Å²) in [4.78, 5) is 2.30. The van der Waals surface area contributed by atoms with E-state index in [2.05, 4.69) is 64.1 Å². The van der Waals surface area contributed by atoms with Gasteiger partial charge >= 0.3 is 0 Å². The van der Waals surface area contributed by atoms with Gasteiger partial charge in [0.15, 0.2) is 0 Å². The van der Waals surface area contributed by atoms with Crippen molar-refractivity contribution in [1.29, 1.82) is 0 Å². The van der Waals surface area contributed by atoms with Crippen LogP contribution in [-0.4, -0.2) is 57.3 Å². The van der Waals surface area contributed by atoms with Crippen LogP contribution in [0.5, 0.6) is 0 Å². The molecule has 6 N–H and O–H groups in total. The Kier molecular flexibility index (Phi) is 9.94. The lowest BCUT2D eigenvalue weighted by atomic mass is 10.0. The Morgan fingerprint density at radius 3 is 1.92 bits per heavy atom. The maximum Gasteiger partial charge on any atom is 0.0206 e. The van der Waals surface area contributed by atoms with Gasteiger partial charge in [-0.25, -0.2) is 0 Å². The summed E-state index contributed by atoms with van der Waals surface area (Å²) in [7, 11) is 0. The third kappa shape index (κ3) is 7.64. The maximum absolute atomic E-state index is 5.61. The molecule has 0 atom stereocenters. The SMILES string of the molecule is NCCN(CCN)CCNCCNCc1ccc(-c2ccccc2)cc1. The third-order valence-corrected chi connectivity index (χ3v) is 4.36. The number of benzene rings is 2. The van der Waals surface area contributed by atoms with Gasteiger partial charge in [-0.2, -0.15) is 0 Å². The van der Waals surface area contributed by atoms with Crippen molar-refractivity contribution in [1.82, 2.24) is 15.5 Å². The highest BCUT2D eigenvalue weighted by atomic mass is 15.1. The number of nitrogens with zero attached hydrogens (tertiary/aromatic N) is 1. The van der Waals surface area contributed by atoms with Crippen LogP contribution in [0.15, 0.2) is 54.6 Å². The smallest absolute Gasteiger partial charge is 0.0206 e. The Labute approximate surface area is 157 Å². The summed E-state index contributed by atoms with van der Waals surface area (Å²) in [5.74, 6) is 0. The third-order valence-electron chi connectivity index (χ3n) is 4.36. The molecule has 0 saturated carbocycles. The van der Waals surface area contributed by atoms with Gasteiger partial charge in [-0.1, -0.05) is 54.6 Å². The zero-order valence-electron chi connectivity index (χ0n) is 15.7. The van der Waals surface area contributed by atoms with E-state index in [0.29, 0.717) is 13.1 Å². The molecule has 0 amide bonds. The molecule has 2 aromatic rings. The van der Waals surface area contributed by atoms with Gasteiger partial charge in [0, 0.05) is 58.9 Å². The lowest BCUT2D eigenvalue weighted by molar-refractivity contribution is 0.288. The zero-order chi connectivity index (χ0) is 18.5. The van der Waals surface area contributed by atoms with Crippen LogP contribution in [0.1, 0.15) is 5.56 Å². The molecular weight excluding hydrogens is 322 g/mol. The lowest BCUT2D eigenvalue weighted by Crippen LogP contribution is -2.39. The summed E-state index contributed by atoms with van der Waals surface area (Å²) in [6.07, 6.45) is 0. The minimum atomic E-state index is 0.685. The minimum absolute atomic E-state index is 0.685. The number of nitrogens with two attached hydrogens (primary N) is 2. The van der Waals surface area contributed by atoms with Crippen LogP contribution >= 0.6 is 0 Å². The fraction of sp³-hybridized carbons (Fsp3) is 0.429. The van der Waals surface area contributed by atoms with E-state index in [-0.39, 0.29) is 0 Å².